The first-order chi connectivity index (χ1) is 7.08. The molecule has 0 aliphatic heterocycles. The molecule has 0 aliphatic rings. The summed E-state index contributed by atoms with van der Waals surface area (Å²) in [6, 6.07) is 6.65. The number of rotatable bonds is 1. The van der Waals surface area contributed by atoms with Crippen LogP contribution in [0.2, 0.25) is 0 Å². The number of nitrogens with zero attached hydrogens (tertiary/aromatic N) is 1. The van der Waals surface area contributed by atoms with Crippen LogP contribution in [0.3, 0.4) is 0 Å². The fourth-order valence-corrected chi connectivity index (χ4v) is 1.54. The molecule has 1 aromatic heterocycles. The summed E-state index contributed by atoms with van der Waals surface area (Å²) in [6.07, 6.45) is 0. The molecule has 2 aromatic rings. The quantitative estimate of drug-likeness (QED) is 0.691. The summed E-state index contributed by atoms with van der Waals surface area (Å²) in [5.41, 5.74) is 7.67. The number of nitrogen functional groups attached to an aromatic ring is 1. The highest BCUT2D eigenvalue weighted by Gasteiger charge is 2.10. The third-order valence-corrected chi connectivity index (χ3v) is 2.20. The first-order valence-corrected chi connectivity index (χ1v) is 4.48. The van der Waals surface area contributed by atoms with Crippen molar-refractivity contribution in [1.29, 1.82) is 0 Å². The van der Waals surface area contributed by atoms with Gasteiger partial charge in [-0.05, 0) is 25.1 Å². The Morgan fingerprint density at radius 2 is 2.13 bits per heavy atom. The van der Waals surface area contributed by atoms with E-state index in [2.05, 4.69) is 4.98 Å². The van der Waals surface area contributed by atoms with E-state index < -0.39 is 5.97 Å². The number of fused-ring (bicyclic) bond motifs is 1. The van der Waals surface area contributed by atoms with E-state index in [0.717, 1.165) is 5.69 Å². The second-order valence-corrected chi connectivity index (χ2v) is 3.39. The number of carboxylic acids is 1. The highest BCUT2D eigenvalue weighted by molar-refractivity contribution is 6.04. The molecule has 0 fully saturated rings. The number of aromatic carboxylic acids is 1. The predicted octanol–water partition coefficient (Wildman–Crippen LogP) is 1.82. The molecule has 0 saturated heterocycles. The van der Waals surface area contributed by atoms with E-state index in [1.165, 1.54) is 6.07 Å². The van der Waals surface area contributed by atoms with Gasteiger partial charge in [0.25, 0.3) is 0 Å². The minimum atomic E-state index is -0.988. The van der Waals surface area contributed by atoms with Crippen molar-refractivity contribution in [3.8, 4) is 0 Å². The molecule has 2 rings (SSSR count). The Labute approximate surface area is 86.4 Å². The molecular formula is C11H10N2O2. The van der Waals surface area contributed by atoms with Crippen molar-refractivity contribution in [3.05, 3.63) is 35.5 Å². The molecule has 0 radical (unpaired) electrons. The van der Waals surface area contributed by atoms with Crippen molar-refractivity contribution in [2.75, 3.05) is 5.73 Å². The number of hydrogen-bond acceptors (Lipinski definition) is 3. The van der Waals surface area contributed by atoms with Crippen LogP contribution in [0.25, 0.3) is 10.9 Å². The Morgan fingerprint density at radius 1 is 1.40 bits per heavy atom. The lowest BCUT2D eigenvalue weighted by Crippen LogP contribution is -2.00. The Bertz CT molecular complexity index is 544. The molecule has 76 valence electrons. The summed E-state index contributed by atoms with van der Waals surface area (Å²) in [7, 11) is 0. The molecule has 1 aromatic carbocycles. The maximum atomic E-state index is 11.0. The van der Waals surface area contributed by atoms with Crippen LogP contribution in [-0.4, -0.2) is 16.1 Å². The SMILES string of the molecule is Cc1ccc2c(C(=O)O)cc(N)cc2n1. The number of carboxylic acid groups (broad SMARTS) is 1. The molecule has 0 amide bonds. The molecule has 0 saturated carbocycles. The number of benzene rings is 1. The maximum absolute atomic E-state index is 11.0. The van der Waals surface area contributed by atoms with Crippen LogP contribution in [0.4, 0.5) is 5.69 Å². The largest absolute Gasteiger partial charge is 0.478 e. The summed E-state index contributed by atoms with van der Waals surface area (Å²) >= 11 is 0. The molecule has 3 N–H and O–H groups in total. The van der Waals surface area contributed by atoms with Gasteiger partial charge < -0.3 is 10.8 Å². The van der Waals surface area contributed by atoms with Crippen molar-refractivity contribution >= 4 is 22.6 Å². The van der Waals surface area contributed by atoms with Gasteiger partial charge in [0.05, 0.1) is 11.1 Å². The first-order valence-electron chi connectivity index (χ1n) is 4.48. The zero-order valence-corrected chi connectivity index (χ0v) is 8.19. The van der Waals surface area contributed by atoms with E-state index in [1.54, 1.807) is 18.2 Å². The van der Waals surface area contributed by atoms with Crippen molar-refractivity contribution in [3.63, 3.8) is 0 Å². The van der Waals surface area contributed by atoms with Crippen molar-refractivity contribution in [2.45, 2.75) is 6.92 Å². The van der Waals surface area contributed by atoms with Gasteiger partial charge in [-0.3, -0.25) is 4.98 Å². The number of aromatic nitrogens is 1. The fraction of sp³-hybridized carbons (Fsp3) is 0.0909. The molecule has 15 heavy (non-hydrogen) atoms. The molecular weight excluding hydrogens is 192 g/mol. The number of pyridine rings is 1. The topological polar surface area (TPSA) is 76.2 Å². The van der Waals surface area contributed by atoms with Gasteiger partial charge in [0.1, 0.15) is 0 Å². The van der Waals surface area contributed by atoms with E-state index >= 15 is 0 Å². The van der Waals surface area contributed by atoms with Crippen LogP contribution in [0.15, 0.2) is 24.3 Å². The highest BCUT2D eigenvalue weighted by atomic mass is 16.4. The number of hydrogen-bond donors (Lipinski definition) is 2. The number of anilines is 1. The molecule has 0 bridgehead atoms. The smallest absolute Gasteiger partial charge is 0.336 e. The third kappa shape index (κ3) is 1.61. The van der Waals surface area contributed by atoms with Crippen molar-refractivity contribution < 1.29 is 9.90 Å². The van der Waals surface area contributed by atoms with Gasteiger partial charge in [-0.15, -0.1) is 0 Å². The summed E-state index contributed by atoms with van der Waals surface area (Å²) in [5, 5.41) is 9.61. The normalized spacial score (nSPS) is 10.5. The van der Waals surface area contributed by atoms with Crippen LogP contribution >= 0.6 is 0 Å². The average molecular weight is 202 g/mol. The van der Waals surface area contributed by atoms with Gasteiger partial charge in [-0.2, -0.15) is 0 Å². The zero-order valence-electron chi connectivity index (χ0n) is 8.19. The second kappa shape index (κ2) is 3.24. The Morgan fingerprint density at radius 3 is 2.80 bits per heavy atom. The van der Waals surface area contributed by atoms with Crippen LogP contribution in [0, 0.1) is 6.92 Å². The van der Waals surface area contributed by atoms with E-state index in [0.29, 0.717) is 16.6 Å². The third-order valence-electron chi connectivity index (χ3n) is 2.20. The second-order valence-electron chi connectivity index (χ2n) is 3.39. The van der Waals surface area contributed by atoms with Gasteiger partial charge in [-0.25, -0.2) is 4.79 Å². The summed E-state index contributed by atoms with van der Waals surface area (Å²) in [4.78, 5) is 15.2. The van der Waals surface area contributed by atoms with Gasteiger partial charge in [0, 0.05) is 16.8 Å². The lowest BCUT2D eigenvalue weighted by molar-refractivity contribution is 0.0699. The fourth-order valence-electron chi connectivity index (χ4n) is 1.54. The molecule has 4 nitrogen and oxygen atoms in total. The molecule has 1 heterocycles. The molecule has 0 aliphatic carbocycles. The van der Waals surface area contributed by atoms with Crippen LogP contribution < -0.4 is 5.73 Å². The van der Waals surface area contributed by atoms with Gasteiger partial charge in [-0.1, -0.05) is 6.07 Å². The van der Waals surface area contributed by atoms with Crippen LogP contribution in [-0.2, 0) is 0 Å². The van der Waals surface area contributed by atoms with Crippen LogP contribution in [0.1, 0.15) is 16.1 Å². The van der Waals surface area contributed by atoms with E-state index in [-0.39, 0.29) is 5.56 Å². The minimum Gasteiger partial charge on any atom is -0.478 e. The van der Waals surface area contributed by atoms with Gasteiger partial charge in [0.2, 0.25) is 0 Å². The van der Waals surface area contributed by atoms with Crippen molar-refractivity contribution in [2.24, 2.45) is 0 Å². The summed E-state index contributed by atoms with van der Waals surface area (Å²) < 4.78 is 0. The average Bonchev–Trinajstić information content (AvgIpc) is 2.15. The minimum absolute atomic E-state index is 0.192. The van der Waals surface area contributed by atoms with Gasteiger partial charge >= 0.3 is 5.97 Å². The maximum Gasteiger partial charge on any atom is 0.336 e. The molecule has 4 heteroatoms. The van der Waals surface area contributed by atoms with E-state index in [1.807, 2.05) is 6.92 Å². The monoisotopic (exact) mass is 202 g/mol. The Hall–Kier alpha value is -2.10. The Kier molecular flexibility index (Phi) is 2.04. The zero-order chi connectivity index (χ0) is 11.0. The lowest BCUT2D eigenvalue weighted by atomic mass is 10.1. The van der Waals surface area contributed by atoms with Crippen molar-refractivity contribution in [1.82, 2.24) is 4.98 Å². The van der Waals surface area contributed by atoms with E-state index in [4.69, 9.17) is 10.8 Å². The molecule has 0 spiro atoms. The standard InChI is InChI=1S/C11H10N2O2/c1-6-2-3-8-9(11(14)15)4-7(12)5-10(8)13-6/h2-5H,12H2,1H3,(H,14,15). The Balaban J connectivity index is 2.86. The number of carbonyl (C=O) groups is 1. The number of nitrogens with two attached hydrogens (primary N) is 1. The molecule has 0 unspecified atom stereocenters. The van der Waals surface area contributed by atoms with Crippen LogP contribution in [0.5, 0.6) is 0 Å². The lowest BCUT2D eigenvalue weighted by Gasteiger charge is -2.04. The first kappa shape index (κ1) is 9.45. The number of aryl methyl sites for hydroxylation is 1. The highest BCUT2D eigenvalue weighted by Crippen LogP contribution is 2.21. The predicted molar refractivity (Wildman–Crippen MR) is 57.9 cm³/mol. The summed E-state index contributed by atoms with van der Waals surface area (Å²) in [6.45, 7) is 1.85. The van der Waals surface area contributed by atoms with E-state index in [9.17, 15) is 4.79 Å². The molecule has 0 atom stereocenters. The summed E-state index contributed by atoms with van der Waals surface area (Å²) in [5.74, 6) is -0.988. The van der Waals surface area contributed by atoms with Gasteiger partial charge in [0.15, 0.2) is 0 Å².